The Morgan fingerprint density at radius 2 is 2.10 bits per heavy atom. The molecule has 2 heterocycles. The van der Waals surface area contributed by atoms with Crippen molar-refractivity contribution in [2.24, 2.45) is 0 Å². The van der Waals surface area contributed by atoms with Gasteiger partial charge in [-0.15, -0.1) is 0 Å². The number of rotatable bonds is 1. The smallest absolute Gasteiger partial charge is 0.129 e. The Bertz CT molecular complexity index is 702. The molecule has 0 spiro atoms. The molecule has 5 heteroatoms. The zero-order valence-corrected chi connectivity index (χ0v) is 11.9. The van der Waals surface area contributed by atoms with Gasteiger partial charge in [0.15, 0.2) is 0 Å². The van der Waals surface area contributed by atoms with Crippen LogP contribution in [0.3, 0.4) is 0 Å². The van der Waals surface area contributed by atoms with Gasteiger partial charge in [0.1, 0.15) is 11.9 Å². The van der Waals surface area contributed by atoms with Gasteiger partial charge in [-0.3, -0.25) is 0 Å². The van der Waals surface area contributed by atoms with E-state index in [2.05, 4.69) is 16.0 Å². The fourth-order valence-electron chi connectivity index (χ4n) is 2.49. The molecule has 0 aliphatic carbocycles. The molecule has 102 valence electrons. The van der Waals surface area contributed by atoms with Gasteiger partial charge in [-0.25, -0.2) is 4.98 Å². The van der Waals surface area contributed by atoms with Gasteiger partial charge in [0.25, 0.3) is 0 Å². The van der Waals surface area contributed by atoms with E-state index in [9.17, 15) is 5.26 Å². The number of nitriles is 1. The number of aromatic nitrogens is 1. The maximum Gasteiger partial charge on any atom is 0.129 e. The number of anilines is 1. The first-order chi connectivity index (χ1) is 9.70. The molecule has 0 atom stereocenters. The van der Waals surface area contributed by atoms with Crippen LogP contribution in [0.1, 0.15) is 11.1 Å². The maximum atomic E-state index is 9.28. The van der Waals surface area contributed by atoms with Gasteiger partial charge in [0, 0.05) is 18.5 Å². The van der Waals surface area contributed by atoms with Gasteiger partial charge in [0.05, 0.1) is 29.3 Å². The maximum absolute atomic E-state index is 9.28. The van der Waals surface area contributed by atoms with Crippen molar-refractivity contribution in [2.45, 2.75) is 6.92 Å². The van der Waals surface area contributed by atoms with Gasteiger partial charge in [-0.1, -0.05) is 11.6 Å². The topological polar surface area (TPSA) is 49.2 Å². The molecule has 3 rings (SSSR count). The Morgan fingerprint density at radius 1 is 1.35 bits per heavy atom. The summed E-state index contributed by atoms with van der Waals surface area (Å²) in [7, 11) is 0. The SMILES string of the molecule is Cc1cc(Cl)c2nc(N3CCOCC3)ccc2c1C#N. The number of aryl methyl sites for hydroxylation is 1. The summed E-state index contributed by atoms with van der Waals surface area (Å²) in [5.74, 6) is 0.885. The minimum Gasteiger partial charge on any atom is -0.378 e. The van der Waals surface area contributed by atoms with Crippen molar-refractivity contribution in [3.05, 3.63) is 34.3 Å². The minimum absolute atomic E-state index is 0.589. The highest BCUT2D eigenvalue weighted by atomic mass is 35.5. The monoisotopic (exact) mass is 287 g/mol. The molecule has 0 radical (unpaired) electrons. The Kier molecular flexibility index (Phi) is 3.47. The molecular weight excluding hydrogens is 274 g/mol. The molecular formula is C15H14ClN3O. The number of pyridine rings is 1. The van der Waals surface area contributed by atoms with Crippen molar-refractivity contribution < 1.29 is 4.74 Å². The molecule has 0 N–H and O–H groups in total. The lowest BCUT2D eigenvalue weighted by molar-refractivity contribution is 0.122. The highest BCUT2D eigenvalue weighted by Gasteiger charge is 2.15. The van der Waals surface area contributed by atoms with E-state index < -0.39 is 0 Å². The molecule has 20 heavy (non-hydrogen) atoms. The summed E-state index contributed by atoms with van der Waals surface area (Å²) in [5, 5.41) is 10.7. The van der Waals surface area contributed by atoms with Crippen molar-refractivity contribution in [1.29, 1.82) is 5.26 Å². The summed E-state index contributed by atoms with van der Waals surface area (Å²) < 4.78 is 5.35. The highest BCUT2D eigenvalue weighted by Crippen LogP contribution is 2.29. The van der Waals surface area contributed by atoms with E-state index in [0.717, 1.165) is 29.9 Å². The standard InChI is InChI=1S/C15H14ClN3O/c1-10-8-13(16)15-11(12(10)9-17)2-3-14(18-15)19-4-6-20-7-5-19/h2-3,8H,4-7H2,1H3. The van der Waals surface area contributed by atoms with Gasteiger partial charge >= 0.3 is 0 Å². The van der Waals surface area contributed by atoms with E-state index in [1.807, 2.05) is 19.1 Å². The van der Waals surface area contributed by atoms with Crippen molar-refractivity contribution in [2.75, 3.05) is 31.2 Å². The van der Waals surface area contributed by atoms with Gasteiger partial charge in [0.2, 0.25) is 0 Å². The number of benzene rings is 1. The van der Waals surface area contributed by atoms with Crippen LogP contribution < -0.4 is 4.90 Å². The first-order valence-corrected chi connectivity index (χ1v) is 6.91. The van der Waals surface area contributed by atoms with Crippen molar-refractivity contribution in [1.82, 2.24) is 4.98 Å². The van der Waals surface area contributed by atoms with Crippen LogP contribution in [0.5, 0.6) is 0 Å². The van der Waals surface area contributed by atoms with E-state index in [1.165, 1.54) is 0 Å². The lowest BCUT2D eigenvalue weighted by Crippen LogP contribution is -2.36. The number of hydrogen-bond donors (Lipinski definition) is 0. The first-order valence-electron chi connectivity index (χ1n) is 6.53. The largest absolute Gasteiger partial charge is 0.378 e. The molecule has 1 aliphatic rings. The zero-order valence-electron chi connectivity index (χ0n) is 11.2. The molecule has 0 amide bonds. The molecule has 0 unspecified atom stereocenters. The minimum atomic E-state index is 0.589. The highest BCUT2D eigenvalue weighted by molar-refractivity contribution is 6.35. The molecule has 0 bridgehead atoms. The Morgan fingerprint density at radius 3 is 2.80 bits per heavy atom. The Hall–Kier alpha value is -1.83. The molecule has 1 fully saturated rings. The number of hydrogen-bond acceptors (Lipinski definition) is 4. The first kappa shape index (κ1) is 13.2. The summed E-state index contributed by atoms with van der Waals surface area (Å²) in [6, 6.07) is 7.92. The molecule has 1 saturated heterocycles. The zero-order chi connectivity index (χ0) is 14.1. The van der Waals surface area contributed by atoms with E-state index in [0.29, 0.717) is 29.3 Å². The van der Waals surface area contributed by atoms with E-state index in [4.69, 9.17) is 16.3 Å². The summed E-state index contributed by atoms with van der Waals surface area (Å²) in [6.07, 6.45) is 0. The van der Waals surface area contributed by atoms with Crippen molar-refractivity contribution in [3.63, 3.8) is 0 Å². The Balaban J connectivity index is 2.14. The van der Waals surface area contributed by atoms with Crippen molar-refractivity contribution >= 4 is 28.3 Å². The quantitative estimate of drug-likeness (QED) is 0.809. The van der Waals surface area contributed by atoms with Gasteiger partial charge in [-0.2, -0.15) is 5.26 Å². The van der Waals surface area contributed by atoms with Crippen LogP contribution >= 0.6 is 11.6 Å². The van der Waals surface area contributed by atoms with Crippen LogP contribution in [0.15, 0.2) is 18.2 Å². The average Bonchev–Trinajstić information content (AvgIpc) is 2.48. The van der Waals surface area contributed by atoms with Crippen LogP contribution in [0, 0.1) is 18.3 Å². The summed E-state index contributed by atoms with van der Waals surface area (Å²) in [4.78, 5) is 6.81. The summed E-state index contributed by atoms with van der Waals surface area (Å²) >= 11 is 6.29. The third-order valence-corrected chi connectivity index (χ3v) is 3.85. The number of nitrogens with zero attached hydrogens (tertiary/aromatic N) is 3. The summed E-state index contributed by atoms with van der Waals surface area (Å²) in [6.45, 7) is 4.97. The van der Waals surface area contributed by atoms with E-state index in [-0.39, 0.29) is 0 Å². The lowest BCUT2D eigenvalue weighted by Gasteiger charge is -2.28. The van der Waals surface area contributed by atoms with Crippen LogP contribution in [-0.4, -0.2) is 31.3 Å². The third-order valence-electron chi connectivity index (χ3n) is 3.56. The van der Waals surface area contributed by atoms with E-state index in [1.54, 1.807) is 6.07 Å². The normalized spacial score (nSPS) is 15.3. The average molecular weight is 288 g/mol. The molecule has 1 aliphatic heterocycles. The number of ether oxygens (including phenoxy) is 1. The fourth-order valence-corrected chi connectivity index (χ4v) is 2.80. The van der Waals surface area contributed by atoms with Crippen LogP contribution in [0.2, 0.25) is 5.02 Å². The molecule has 1 aromatic carbocycles. The molecule has 0 saturated carbocycles. The second kappa shape index (κ2) is 5.28. The van der Waals surface area contributed by atoms with Crippen LogP contribution in [0.25, 0.3) is 10.9 Å². The van der Waals surface area contributed by atoms with Gasteiger partial charge in [-0.05, 0) is 30.7 Å². The van der Waals surface area contributed by atoms with Crippen LogP contribution in [0.4, 0.5) is 5.82 Å². The predicted molar refractivity (Wildman–Crippen MR) is 79.2 cm³/mol. The summed E-state index contributed by atoms with van der Waals surface area (Å²) in [5.41, 5.74) is 2.22. The lowest BCUT2D eigenvalue weighted by atomic mass is 10.0. The number of halogens is 1. The fraction of sp³-hybridized carbons (Fsp3) is 0.333. The second-order valence-corrected chi connectivity index (χ2v) is 5.23. The Labute approximate surface area is 122 Å². The molecule has 2 aromatic rings. The van der Waals surface area contributed by atoms with E-state index >= 15 is 0 Å². The van der Waals surface area contributed by atoms with Crippen LogP contribution in [-0.2, 0) is 4.74 Å². The predicted octanol–water partition coefficient (Wildman–Crippen LogP) is 2.90. The molecule has 4 nitrogen and oxygen atoms in total. The second-order valence-electron chi connectivity index (χ2n) is 4.83. The number of fused-ring (bicyclic) bond motifs is 1. The third kappa shape index (κ3) is 2.20. The number of morpholine rings is 1. The van der Waals surface area contributed by atoms with Gasteiger partial charge < -0.3 is 9.64 Å². The molecule has 1 aromatic heterocycles. The van der Waals surface area contributed by atoms with Crippen molar-refractivity contribution in [3.8, 4) is 6.07 Å².